The van der Waals surface area contributed by atoms with Gasteiger partial charge in [-0.2, -0.15) is 5.10 Å². The Balaban J connectivity index is 1.70. The number of aryl methyl sites for hydroxylation is 2. The van der Waals surface area contributed by atoms with E-state index in [0.29, 0.717) is 5.56 Å². The van der Waals surface area contributed by atoms with Crippen LogP contribution in [0.1, 0.15) is 36.8 Å². The SMILES string of the molecule is CCN(CC)c1ccc(NC(=O)c2cc(-c3cn(CC)nc3C)nc3ccccc23)cc1. The minimum Gasteiger partial charge on any atom is -0.372 e. The summed E-state index contributed by atoms with van der Waals surface area (Å²) in [5, 5.41) is 8.42. The maximum absolute atomic E-state index is 13.3. The smallest absolute Gasteiger partial charge is 0.256 e. The summed E-state index contributed by atoms with van der Waals surface area (Å²) in [7, 11) is 0. The van der Waals surface area contributed by atoms with Gasteiger partial charge in [0.05, 0.1) is 22.5 Å². The summed E-state index contributed by atoms with van der Waals surface area (Å²) in [5.41, 5.74) is 5.89. The Morgan fingerprint density at radius 3 is 2.41 bits per heavy atom. The number of anilines is 2. The molecule has 0 unspecified atom stereocenters. The average Bonchev–Trinajstić information content (AvgIpc) is 3.21. The Hall–Kier alpha value is -3.67. The number of hydrogen-bond donors (Lipinski definition) is 1. The zero-order chi connectivity index (χ0) is 22.7. The highest BCUT2D eigenvalue weighted by atomic mass is 16.1. The number of nitrogens with zero attached hydrogens (tertiary/aromatic N) is 4. The minimum absolute atomic E-state index is 0.152. The zero-order valence-corrected chi connectivity index (χ0v) is 19.1. The van der Waals surface area contributed by atoms with Crippen LogP contribution in [0.2, 0.25) is 0 Å². The second-order valence-corrected chi connectivity index (χ2v) is 7.73. The first-order valence-electron chi connectivity index (χ1n) is 11.1. The van der Waals surface area contributed by atoms with Crippen LogP contribution in [0.15, 0.2) is 60.8 Å². The van der Waals surface area contributed by atoms with Gasteiger partial charge in [0, 0.05) is 48.2 Å². The van der Waals surface area contributed by atoms with Crippen molar-refractivity contribution in [3.05, 3.63) is 72.1 Å². The first-order valence-corrected chi connectivity index (χ1v) is 11.1. The fourth-order valence-electron chi connectivity index (χ4n) is 3.98. The van der Waals surface area contributed by atoms with Gasteiger partial charge in [0.15, 0.2) is 0 Å². The van der Waals surface area contributed by atoms with E-state index in [4.69, 9.17) is 4.98 Å². The van der Waals surface area contributed by atoms with Gasteiger partial charge in [-0.25, -0.2) is 4.98 Å². The van der Waals surface area contributed by atoms with Crippen LogP contribution >= 0.6 is 0 Å². The highest BCUT2D eigenvalue weighted by Crippen LogP contribution is 2.27. The maximum atomic E-state index is 13.3. The van der Waals surface area contributed by atoms with Crippen LogP contribution < -0.4 is 10.2 Å². The number of amides is 1. The molecule has 1 N–H and O–H groups in total. The third-order valence-electron chi connectivity index (χ3n) is 5.76. The van der Waals surface area contributed by atoms with Crippen molar-refractivity contribution in [1.82, 2.24) is 14.8 Å². The van der Waals surface area contributed by atoms with Crippen LogP contribution in [0.5, 0.6) is 0 Å². The number of rotatable bonds is 7. The van der Waals surface area contributed by atoms with Crippen molar-refractivity contribution in [1.29, 1.82) is 0 Å². The molecule has 0 aliphatic heterocycles. The third-order valence-corrected chi connectivity index (χ3v) is 5.76. The average molecular weight is 428 g/mol. The third kappa shape index (κ3) is 4.21. The Morgan fingerprint density at radius 2 is 1.75 bits per heavy atom. The zero-order valence-electron chi connectivity index (χ0n) is 19.1. The summed E-state index contributed by atoms with van der Waals surface area (Å²) in [4.78, 5) is 20.4. The molecule has 2 heterocycles. The van der Waals surface area contributed by atoms with Crippen LogP contribution in [-0.2, 0) is 6.54 Å². The molecule has 4 aromatic rings. The van der Waals surface area contributed by atoms with E-state index in [2.05, 4.69) is 36.1 Å². The number of pyridine rings is 1. The summed E-state index contributed by atoms with van der Waals surface area (Å²) in [6.45, 7) is 11.0. The molecule has 1 amide bonds. The molecule has 0 aliphatic carbocycles. The van der Waals surface area contributed by atoms with Crippen LogP contribution in [0, 0.1) is 6.92 Å². The monoisotopic (exact) mass is 427 g/mol. The molecule has 0 fully saturated rings. The van der Waals surface area contributed by atoms with Gasteiger partial charge in [-0.1, -0.05) is 18.2 Å². The van der Waals surface area contributed by atoms with Crippen molar-refractivity contribution in [2.75, 3.05) is 23.3 Å². The highest BCUT2D eigenvalue weighted by molar-refractivity contribution is 6.13. The number of aromatic nitrogens is 3. The van der Waals surface area contributed by atoms with Crippen molar-refractivity contribution < 1.29 is 4.79 Å². The lowest BCUT2D eigenvalue weighted by Crippen LogP contribution is -2.21. The van der Waals surface area contributed by atoms with Gasteiger partial charge in [-0.15, -0.1) is 0 Å². The number of fused-ring (bicyclic) bond motifs is 1. The Labute approximate surface area is 188 Å². The molecule has 0 atom stereocenters. The molecule has 0 aliphatic rings. The van der Waals surface area contributed by atoms with Crippen molar-refractivity contribution in [3.63, 3.8) is 0 Å². The fourth-order valence-corrected chi connectivity index (χ4v) is 3.98. The normalized spacial score (nSPS) is 11.0. The van der Waals surface area contributed by atoms with Gasteiger partial charge in [0.1, 0.15) is 0 Å². The Bertz CT molecular complexity index is 1240. The van der Waals surface area contributed by atoms with Crippen molar-refractivity contribution in [2.24, 2.45) is 0 Å². The molecule has 4 rings (SSSR count). The summed E-state index contributed by atoms with van der Waals surface area (Å²) in [5.74, 6) is -0.152. The number of hydrogen-bond acceptors (Lipinski definition) is 4. The van der Waals surface area contributed by atoms with E-state index in [-0.39, 0.29) is 5.91 Å². The molecule has 2 aromatic heterocycles. The molecule has 0 saturated heterocycles. The predicted molar refractivity (Wildman–Crippen MR) is 131 cm³/mol. The van der Waals surface area contributed by atoms with E-state index < -0.39 is 0 Å². The quantitative estimate of drug-likeness (QED) is 0.421. The van der Waals surface area contributed by atoms with Gasteiger partial charge >= 0.3 is 0 Å². The molecule has 0 bridgehead atoms. The largest absolute Gasteiger partial charge is 0.372 e. The second kappa shape index (κ2) is 9.22. The summed E-state index contributed by atoms with van der Waals surface area (Å²) in [6.07, 6.45) is 1.99. The van der Waals surface area contributed by atoms with Crippen LogP contribution in [-0.4, -0.2) is 33.8 Å². The molecule has 0 saturated carbocycles. The van der Waals surface area contributed by atoms with Crippen LogP contribution in [0.3, 0.4) is 0 Å². The van der Waals surface area contributed by atoms with Gasteiger partial charge in [0.2, 0.25) is 0 Å². The number of nitrogens with one attached hydrogen (secondary N) is 1. The van der Waals surface area contributed by atoms with E-state index in [1.54, 1.807) is 0 Å². The molecule has 0 spiro atoms. The van der Waals surface area contributed by atoms with Crippen LogP contribution in [0.25, 0.3) is 22.2 Å². The minimum atomic E-state index is -0.152. The standard InChI is InChI=1S/C26H29N5O/c1-5-30(6-2)20-14-12-19(13-15-20)27-26(32)22-16-25(23-17-31(7-3)29-18(23)4)28-24-11-9-8-10-21(22)24/h8-17H,5-7H2,1-4H3,(H,27,32). The van der Waals surface area contributed by atoms with E-state index in [0.717, 1.165) is 58.9 Å². The molecule has 2 aromatic carbocycles. The molecule has 6 heteroatoms. The lowest BCUT2D eigenvalue weighted by molar-refractivity contribution is 0.102. The van der Waals surface area contributed by atoms with Gasteiger partial charge < -0.3 is 10.2 Å². The van der Waals surface area contributed by atoms with E-state index in [1.165, 1.54) is 0 Å². The van der Waals surface area contributed by atoms with Gasteiger partial charge in [-0.3, -0.25) is 9.48 Å². The van der Waals surface area contributed by atoms with Crippen molar-refractivity contribution in [3.8, 4) is 11.3 Å². The summed E-state index contributed by atoms with van der Waals surface area (Å²) >= 11 is 0. The molecule has 0 radical (unpaired) electrons. The topological polar surface area (TPSA) is 63.1 Å². The molecular weight excluding hydrogens is 398 g/mol. The highest BCUT2D eigenvalue weighted by Gasteiger charge is 2.17. The summed E-state index contributed by atoms with van der Waals surface area (Å²) < 4.78 is 1.89. The van der Waals surface area contributed by atoms with Crippen LogP contribution in [0.4, 0.5) is 11.4 Å². The number of carbonyl (C=O) groups excluding carboxylic acids is 1. The van der Waals surface area contributed by atoms with E-state index in [1.807, 2.05) is 72.4 Å². The first-order chi connectivity index (χ1) is 15.5. The Morgan fingerprint density at radius 1 is 1.03 bits per heavy atom. The lowest BCUT2D eigenvalue weighted by Gasteiger charge is -2.21. The lowest BCUT2D eigenvalue weighted by atomic mass is 10.0. The first kappa shape index (κ1) is 21.6. The summed E-state index contributed by atoms with van der Waals surface area (Å²) in [6, 6.07) is 17.6. The Kier molecular flexibility index (Phi) is 6.21. The fraction of sp³-hybridized carbons (Fsp3) is 0.269. The number of benzene rings is 2. The molecule has 32 heavy (non-hydrogen) atoms. The maximum Gasteiger partial charge on any atom is 0.256 e. The van der Waals surface area contributed by atoms with Gasteiger partial charge in [-0.05, 0) is 64.1 Å². The number of carbonyl (C=O) groups is 1. The molecular formula is C26H29N5O. The molecule has 6 nitrogen and oxygen atoms in total. The van der Waals surface area contributed by atoms with E-state index >= 15 is 0 Å². The predicted octanol–water partition coefficient (Wildman–Crippen LogP) is 5.53. The van der Waals surface area contributed by atoms with Crippen molar-refractivity contribution in [2.45, 2.75) is 34.2 Å². The van der Waals surface area contributed by atoms with Gasteiger partial charge in [0.25, 0.3) is 5.91 Å². The van der Waals surface area contributed by atoms with Crippen molar-refractivity contribution >= 4 is 28.2 Å². The van der Waals surface area contributed by atoms with E-state index in [9.17, 15) is 4.79 Å². The number of para-hydroxylation sites is 1. The molecule has 164 valence electrons. The second-order valence-electron chi connectivity index (χ2n) is 7.73.